The molecule has 0 spiro atoms. The second-order valence-electron chi connectivity index (χ2n) is 4.64. The van der Waals surface area contributed by atoms with Gasteiger partial charge in [0, 0.05) is 5.69 Å². The zero-order chi connectivity index (χ0) is 11.4. The van der Waals surface area contributed by atoms with E-state index in [9.17, 15) is 0 Å². The van der Waals surface area contributed by atoms with Gasteiger partial charge in [0.15, 0.2) is 0 Å². The third-order valence-corrected chi connectivity index (χ3v) is 3.24. The van der Waals surface area contributed by atoms with E-state index in [1.54, 1.807) is 0 Å². The van der Waals surface area contributed by atoms with Crippen LogP contribution in [0.5, 0.6) is 5.75 Å². The Morgan fingerprint density at radius 1 is 1.38 bits per heavy atom. The number of nitrogen functional groups attached to an aromatic ring is 1. The number of ether oxygens (including phenoxy) is 1. The molecule has 2 N–H and O–H groups in total. The SMILES string of the molecule is CCCCCC1CCc2cc(N)ccc2O1. The van der Waals surface area contributed by atoms with Gasteiger partial charge in [-0.05, 0) is 49.4 Å². The van der Waals surface area contributed by atoms with Gasteiger partial charge in [0.2, 0.25) is 0 Å². The minimum Gasteiger partial charge on any atom is -0.490 e. The highest BCUT2D eigenvalue weighted by Gasteiger charge is 2.19. The molecule has 2 rings (SSSR count). The number of anilines is 1. The van der Waals surface area contributed by atoms with Crippen molar-refractivity contribution >= 4 is 5.69 Å². The molecule has 2 nitrogen and oxygen atoms in total. The van der Waals surface area contributed by atoms with Crippen molar-refractivity contribution in [2.45, 2.75) is 51.6 Å². The van der Waals surface area contributed by atoms with E-state index >= 15 is 0 Å². The molecule has 0 radical (unpaired) electrons. The van der Waals surface area contributed by atoms with Gasteiger partial charge in [-0.15, -0.1) is 0 Å². The maximum Gasteiger partial charge on any atom is 0.123 e. The van der Waals surface area contributed by atoms with Gasteiger partial charge in [0.25, 0.3) is 0 Å². The fourth-order valence-corrected chi connectivity index (χ4v) is 2.29. The van der Waals surface area contributed by atoms with Crippen LogP contribution in [0, 0.1) is 0 Å². The van der Waals surface area contributed by atoms with Crippen molar-refractivity contribution in [3.8, 4) is 5.75 Å². The van der Waals surface area contributed by atoms with Crippen molar-refractivity contribution in [1.82, 2.24) is 0 Å². The topological polar surface area (TPSA) is 35.2 Å². The van der Waals surface area contributed by atoms with Crippen LogP contribution in [-0.4, -0.2) is 6.10 Å². The van der Waals surface area contributed by atoms with E-state index in [1.165, 1.54) is 31.2 Å². The molecule has 1 heterocycles. The molecule has 0 amide bonds. The Balaban J connectivity index is 1.93. The summed E-state index contributed by atoms with van der Waals surface area (Å²) in [6.07, 6.45) is 7.73. The van der Waals surface area contributed by atoms with Gasteiger partial charge in [-0.25, -0.2) is 0 Å². The lowest BCUT2D eigenvalue weighted by atomic mass is 9.98. The van der Waals surface area contributed by atoms with Gasteiger partial charge in [0.05, 0.1) is 6.10 Å². The zero-order valence-corrected chi connectivity index (χ0v) is 10.0. The lowest BCUT2D eigenvalue weighted by molar-refractivity contribution is 0.160. The van der Waals surface area contributed by atoms with E-state index in [0.717, 1.165) is 24.3 Å². The van der Waals surface area contributed by atoms with E-state index in [2.05, 4.69) is 6.92 Å². The predicted molar refractivity (Wildman–Crippen MR) is 67.7 cm³/mol. The summed E-state index contributed by atoms with van der Waals surface area (Å²) in [5, 5.41) is 0. The van der Waals surface area contributed by atoms with Crippen molar-refractivity contribution in [3.05, 3.63) is 23.8 Å². The van der Waals surface area contributed by atoms with Gasteiger partial charge >= 0.3 is 0 Å². The first-order valence-electron chi connectivity index (χ1n) is 6.34. The number of fused-ring (bicyclic) bond motifs is 1. The third kappa shape index (κ3) is 2.69. The Bertz CT molecular complexity index is 349. The Hall–Kier alpha value is -1.18. The maximum absolute atomic E-state index is 5.98. The molecular weight excluding hydrogens is 198 g/mol. The predicted octanol–water partition coefficient (Wildman–Crippen LogP) is 3.54. The number of rotatable bonds is 4. The molecular formula is C14H21NO. The maximum atomic E-state index is 5.98. The number of nitrogens with two attached hydrogens (primary N) is 1. The second kappa shape index (κ2) is 5.24. The smallest absolute Gasteiger partial charge is 0.123 e. The third-order valence-electron chi connectivity index (χ3n) is 3.24. The molecule has 0 saturated heterocycles. The summed E-state index contributed by atoms with van der Waals surface area (Å²) in [7, 11) is 0. The Morgan fingerprint density at radius 3 is 3.06 bits per heavy atom. The first kappa shape index (κ1) is 11.3. The molecule has 0 fully saturated rings. The summed E-state index contributed by atoms with van der Waals surface area (Å²) < 4.78 is 5.98. The lowest BCUT2D eigenvalue weighted by Crippen LogP contribution is -2.22. The van der Waals surface area contributed by atoms with E-state index < -0.39 is 0 Å². The molecule has 88 valence electrons. The van der Waals surface area contributed by atoms with Crippen LogP contribution in [0.4, 0.5) is 5.69 Å². The van der Waals surface area contributed by atoms with Crippen molar-refractivity contribution < 1.29 is 4.74 Å². The number of hydrogen-bond donors (Lipinski definition) is 1. The first-order chi connectivity index (χ1) is 7.79. The standard InChI is InChI=1S/C14H21NO/c1-2-3-4-5-13-8-6-11-10-12(15)7-9-14(11)16-13/h7,9-10,13H,2-6,8,15H2,1H3. The fourth-order valence-electron chi connectivity index (χ4n) is 2.29. The zero-order valence-electron chi connectivity index (χ0n) is 10.0. The highest BCUT2D eigenvalue weighted by atomic mass is 16.5. The van der Waals surface area contributed by atoms with Gasteiger partial charge in [-0.2, -0.15) is 0 Å². The molecule has 2 heteroatoms. The van der Waals surface area contributed by atoms with Gasteiger partial charge < -0.3 is 10.5 Å². The van der Waals surface area contributed by atoms with Crippen LogP contribution in [0.15, 0.2) is 18.2 Å². The highest BCUT2D eigenvalue weighted by molar-refractivity contribution is 5.48. The van der Waals surface area contributed by atoms with Gasteiger partial charge in [-0.3, -0.25) is 0 Å². The molecule has 16 heavy (non-hydrogen) atoms. The number of aryl methyl sites for hydroxylation is 1. The van der Waals surface area contributed by atoms with Crippen LogP contribution >= 0.6 is 0 Å². The van der Waals surface area contributed by atoms with Crippen molar-refractivity contribution in [1.29, 1.82) is 0 Å². The van der Waals surface area contributed by atoms with Crippen LogP contribution < -0.4 is 10.5 Å². The van der Waals surface area contributed by atoms with Crippen molar-refractivity contribution in [2.24, 2.45) is 0 Å². The van der Waals surface area contributed by atoms with Crippen molar-refractivity contribution in [3.63, 3.8) is 0 Å². The largest absolute Gasteiger partial charge is 0.490 e. The summed E-state index contributed by atoms with van der Waals surface area (Å²) in [6.45, 7) is 2.24. The molecule has 0 aromatic heterocycles. The van der Waals surface area contributed by atoms with E-state index in [0.29, 0.717) is 6.10 Å². The Morgan fingerprint density at radius 2 is 2.25 bits per heavy atom. The molecule has 0 bridgehead atoms. The minimum atomic E-state index is 0.419. The Kier molecular flexibility index (Phi) is 3.70. The average molecular weight is 219 g/mol. The summed E-state index contributed by atoms with van der Waals surface area (Å²) in [5.41, 5.74) is 7.87. The molecule has 1 unspecified atom stereocenters. The van der Waals surface area contributed by atoms with Crippen LogP contribution in [0.2, 0.25) is 0 Å². The van der Waals surface area contributed by atoms with E-state index in [1.807, 2.05) is 18.2 Å². The summed E-state index contributed by atoms with van der Waals surface area (Å²) >= 11 is 0. The molecule has 0 aliphatic carbocycles. The molecule has 1 aromatic rings. The van der Waals surface area contributed by atoms with Crippen LogP contribution in [0.25, 0.3) is 0 Å². The number of benzene rings is 1. The quantitative estimate of drug-likeness (QED) is 0.621. The van der Waals surface area contributed by atoms with E-state index in [-0.39, 0.29) is 0 Å². The molecule has 0 saturated carbocycles. The van der Waals surface area contributed by atoms with Crippen molar-refractivity contribution in [2.75, 3.05) is 5.73 Å². The summed E-state index contributed by atoms with van der Waals surface area (Å²) in [6, 6.07) is 5.97. The summed E-state index contributed by atoms with van der Waals surface area (Å²) in [4.78, 5) is 0. The second-order valence-corrected chi connectivity index (χ2v) is 4.64. The number of hydrogen-bond acceptors (Lipinski definition) is 2. The van der Waals surface area contributed by atoms with Crippen LogP contribution in [-0.2, 0) is 6.42 Å². The lowest BCUT2D eigenvalue weighted by Gasteiger charge is -2.26. The van der Waals surface area contributed by atoms with Gasteiger partial charge in [-0.1, -0.05) is 19.8 Å². The molecule has 1 atom stereocenters. The normalized spacial score (nSPS) is 18.9. The highest BCUT2D eigenvalue weighted by Crippen LogP contribution is 2.30. The van der Waals surface area contributed by atoms with Crippen LogP contribution in [0.3, 0.4) is 0 Å². The molecule has 1 aliphatic heterocycles. The van der Waals surface area contributed by atoms with E-state index in [4.69, 9.17) is 10.5 Å². The minimum absolute atomic E-state index is 0.419. The first-order valence-corrected chi connectivity index (χ1v) is 6.34. The summed E-state index contributed by atoms with van der Waals surface area (Å²) in [5.74, 6) is 1.04. The average Bonchev–Trinajstić information content (AvgIpc) is 2.29. The fraction of sp³-hybridized carbons (Fsp3) is 0.571. The Labute approximate surface area is 97.8 Å². The van der Waals surface area contributed by atoms with Gasteiger partial charge in [0.1, 0.15) is 5.75 Å². The monoisotopic (exact) mass is 219 g/mol. The van der Waals surface area contributed by atoms with Crippen LogP contribution in [0.1, 0.15) is 44.6 Å². The number of unbranched alkanes of at least 4 members (excludes halogenated alkanes) is 2. The molecule has 1 aliphatic rings. The molecule has 1 aromatic carbocycles.